The highest BCUT2D eigenvalue weighted by Gasteiger charge is 2.27. The van der Waals surface area contributed by atoms with Crippen molar-refractivity contribution in [2.24, 2.45) is 5.92 Å². The molecule has 9 heavy (non-hydrogen) atoms. The van der Waals surface area contributed by atoms with E-state index in [2.05, 4.69) is 0 Å². The number of carbonyl (C=O) groups excluding carboxylic acids is 1. The van der Waals surface area contributed by atoms with Crippen LogP contribution in [0.5, 0.6) is 0 Å². The van der Waals surface area contributed by atoms with Gasteiger partial charge in [-0.15, -0.1) is 0 Å². The summed E-state index contributed by atoms with van der Waals surface area (Å²) in [6.45, 7) is 1.80. The Bertz CT molecular complexity index is 110. The summed E-state index contributed by atoms with van der Waals surface area (Å²) in [7, 11) is 0. The summed E-state index contributed by atoms with van der Waals surface area (Å²) in [6.07, 6.45) is 1.03. The zero-order valence-corrected chi connectivity index (χ0v) is 5.56. The third kappa shape index (κ3) is 1.29. The van der Waals surface area contributed by atoms with Gasteiger partial charge in [-0.2, -0.15) is 0 Å². The van der Waals surface area contributed by atoms with Crippen LogP contribution in [0.25, 0.3) is 0 Å². The number of rotatable bonds is 0. The van der Waals surface area contributed by atoms with Crippen molar-refractivity contribution >= 4 is 5.78 Å². The van der Waals surface area contributed by atoms with Crippen molar-refractivity contribution in [3.8, 4) is 0 Å². The Balaban J connectivity index is 2.52. The molecule has 1 saturated carbocycles. The lowest BCUT2D eigenvalue weighted by Gasteiger charge is -2.18. The fraction of sp³-hybridized carbons (Fsp3) is 0.857. The topological polar surface area (TPSA) is 17.1 Å². The molecule has 0 aromatic carbocycles. The van der Waals surface area contributed by atoms with Crippen LogP contribution in [-0.2, 0) is 4.79 Å². The minimum atomic E-state index is -1.16. The average Bonchev–Trinajstić information content (AvgIpc) is 1.83. The third-order valence-electron chi connectivity index (χ3n) is 1.89. The molecular formula is C7H11FO. The predicted molar refractivity (Wildman–Crippen MR) is 32.9 cm³/mol. The number of alkyl halides is 1. The van der Waals surface area contributed by atoms with Crippen LogP contribution in [0.4, 0.5) is 4.39 Å². The molecule has 0 unspecified atom stereocenters. The molecule has 2 heteroatoms. The second kappa shape index (κ2) is 2.46. The van der Waals surface area contributed by atoms with Crippen molar-refractivity contribution in [1.29, 1.82) is 0 Å². The van der Waals surface area contributed by atoms with Gasteiger partial charge >= 0.3 is 0 Å². The molecule has 1 aliphatic carbocycles. The highest BCUT2D eigenvalue weighted by atomic mass is 19.1. The van der Waals surface area contributed by atoms with Crippen LogP contribution in [0, 0.1) is 5.92 Å². The maximum atomic E-state index is 12.5. The van der Waals surface area contributed by atoms with Crippen molar-refractivity contribution in [3.05, 3.63) is 0 Å². The Morgan fingerprint density at radius 1 is 1.56 bits per heavy atom. The van der Waals surface area contributed by atoms with Crippen LogP contribution in [0.1, 0.15) is 26.2 Å². The highest BCUT2D eigenvalue weighted by molar-refractivity contribution is 5.85. The molecule has 0 aliphatic heterocycles. The molecule has 0 saturated heterocycles. The van der Waals surface area contributed by atoms with E-state index >= 15 is 0 Å². The van der Waals surface area contributed by atoms with Crippen LogP contribution in [0.3, 0.4) is 0 Å². The summed E-state index contributed by atoms with van der Waals surface area (Å²) in [4.78, 5) is 10.8. The van der Waals surface area contributed by atoms with Crippen LogP contribution in [0.15, 0.2) is 0 Å². The van der Waals surface area contributed by atoms with Gasteiger partial charge in [0.25, 0.3) is 0 Å². The molecule has 0 aromatic rings. The number of hydrogen-bond donors (Lipinski definition) is 0. The smallest absolute Gasteiger partial charge is 0.169 e. The van der Waals surface area contributed by atoms with Gasteiger partial charge in [-0.1, -0.05) is 6.92 Å². The summed E-state index contributed by atoms with van der Waals surface area (Å²) in [5, 5.41) is 0. The number of Topliss-reactive ketones (excluding diaryl/α,β-unsaturated/α-hetero) is 1. The van der Waals surface area contributed by atoms with E-state index in [0.29, 0.717) is 6.42 Å². The van der Waals surface area contributed by atoms with Crippen LogP contribution in [0.2, 0.25) is 0 Å². The van der Waals surface area contributed by atoms with Gasteiger partial charge < -0.3 is 0 Å². The summed E-state index contributed by atoms with van der Waals surface area (Å²) < 4.78 is 12.5. The Kier molecular flexibility index (Phi) is 1.84. The summed E-state index contributed by atoms with van der Waals surface area (Å²) in [6, 6.07) is 0. The fourth-order valence-corrected chi connectivity index (χ4v) is 1.20. The first-order chi connectivity index (χ1) is 4.22. The highest BCUT2D eigenvalue weighted by Crippen LogP contribution is 2.22. The standard InChI is InChI=1S/C7H11FO/c1-5-3-2-4-6(8)7(5)9/h5-6H,2-4H2,1H3/t5-,6+/m0/s1. The van der Waals surface area contributed by atoms with Gasteiger partial charge in [0, 0.05) is 5.92 Å². The van der Waals surface area contributed by atoms with E-state index in [4.69, 9.17) is 0 Å². The molecule has 0 aromatic heterocycles. The lowest BCUT2D eigenvalue weighted by molar-refractivity contribution is -0.129. The molecule has 0 amide bonds. The first-order valence-electron chi connectivity index (χ1n) is 3.39. The molecule has 0 bridgehead atoms. The van der Waals surface area contributed by atoms with Gasteiger partial charge in [0.2, 0.25) is 0 Å². The first-order valence-corrected chi connectivity index (χ1v) is 3.39. The van der Waals surface area contributed by atoms with Crippen LogP contribution >= 0.6 is 0 Å². The van der Waals surface area contributed by atoms with Gasteiger partial charge in [0.15, 0.2) is 12.0 Å². The molecule has 1 fully saturated rings. The molecule has 1 nitrogen and oxygen atoms in total. The summed E-state index contributed by atoms with van der Waals surface area (Å²) in [5.74, 6) is -0.227. The zero-order chi connectivity index (χ0) is 6.85. The number of hydrogen-bond acceptors (Lipinski definition) is 1. The van der Waals surface area contributed by atoms with Crippen LogP contribution < -0.4 is 0 Å². The van der Waals surface area contributed by atoms with Crippen molar-refractivity contribution in [1.82, 2.24) is 0 Å². The number of carbonyl (C=O) groups is 1. The SMILES string of the molecule is C[C@H]1CCC[C@@H](F)C1=O. The minimum absolute atomic E-state index is 0.0336. The van der Waals surface area contributed by atoms with E-state index in [-0.39, 0.29) is 11.7 Å². The van der Waals surface area contributed by atoms with Crippen molar-refractivity contribution in [2.75, 3.05) is 0 Å². The summed E-state index contributed by atoms with van der Waals surface area (Å²) >= 11 is 0. The number of ketones is 1. The summed E-state index contributed by atoms with van der Waals surface area (Å²) in [5.41, 5.74) is 0. The first kappa shape index (κ1) is 6.72. The zero-order valence-electron chi connectivity index (χ0n) is 5.56. The molecule has 0 spiro atoms. The second-order valence-corrected chi connectivity index (χ2v) is 2.70. The van der Waals surface area contributed by atoms with E-state index < -0.39 is 6.17 Å². The van der Waals surface area contributed by atoms with Gasteiger partial charge in [0.1, 0.15) is 0 Å². The molecule has 52 valence electrons. The fourth-order valence-electron chi connectivity index (χ4n) is 1.20. The Morgan fingerprint density at radius 2 is 2.22 bits per heavy atom. The molecule has 1 aliphatic rings. The lowest BCUT2D eigenvalue weighted by Crippen LogP contribution is -2.27. The molecular weight excluding hydrogens is 119 g/mol. The monoisotopic (exact) mass is 130 g/mol. The van der Waals surface area contributed by atoms with Crippen molar-refractivity contribution in [3.63, 3.8) is 0 Å². The number of halogens is 1. The second-order valence-electron chi connectivity index (χ2n) is 2.70. The van der Waals surface area contributed by atoms with Gasteiger partial charge in [-0.3, -0.25) is 4.79 Å². The maximum Gasteiger partial charge on any atom is 0.169 e. The Morgan fingerprint density at radius 3 is 2.67 bits per heavy atom. The van der Waals surface area contributed by atoms with E-state index in [9.17, 15) is 9.18 Å². The van der Waals surface area contributed by atoms with Gasteiger partial charge in [0.05, 0.1) is 0 Å². The maximum absolute atomic E-state index is 12.5. The van der Waals surface area contributed by atoms with Crippen LogP contribution in [-0.4, -0.2) is 12.0 Å². The average molecular weight is 130 g/mol. The molecule has 0 N–H and O–H groups in total. The third-order valence-corrected chi connectivity index (χ3v) is 1.89. The largest absolute Gasteiger partial charge is 0.296 e. The van der Waals surface area contributed by atoms with E-state index in [0.717, 1.165) is 12.8 Å². The normalized spacial score (nSPS) is 36.9. The van der Waals surface area contributed by atoms with Gasteiger partial charge in [-0.05, 0) is 19.3 Å². The van der Waals surface area contributed by atoms with Gasteiger partial charge in [-0.25, -0.2) is 4.39 Å². The quantitative estimate of drug-likeness (QED) is 0.488. The predicted octanol–water partition coefficient (Wildman–Crippen LogP) is 1.71. The molecule has 1 rings (SSSR count). The van der Waals surface area contributed by atoms with E-state index in [1.54, 1.807) is 6.92 Å². The Hall–Kier alpha value is -0.400. The molecule has 0 heterocycles. The lowest BCUT2D eigenvalue weighted by atomic mass is 9.88. The van der Waals surface area contributed by atoms with E-state index in [1.807, 2.05) is 0 Å². The Labute approximate surface area is 54.3 Å². The van der Waals surface area contributed by atoms with Crippen molar-refractivity contribution < 1.29 is 9.18 Å². The van der Waals surface area contributed by atoms with Crippen molar-refractivity contribution in [2.45, 2.75) is 32.4 Å². The molecule has 0 radical (unpaired) electrons. The molecule has 2 atom stereocenters. The van der Waals surface area contributed by atoms with E-state index in [1.165, 1.54) is 0 Å². The minimum Gasteiger partial charge on any atom is -0.296 e.